The van der Waals surface area contributed by atoms with Crippen LogP contribution in [0, 0.1) is 5.92 Å². The minimum Gasteiger partial charge on any atom is -0.469 e. The minimum absolute atomic E-state index is 0. The lowest BCUT2D eigenvalue weighted by atomic mass is 10.0. The van der Waals surface area contributed by atoms with E-state index in [4.69, 9.17) is 9.41 Å². The third-order valence-electron chi connectivity index (χ3n) is 3.93. The Hall–Kier alpha value is -1.02. The molecule has 4 nitrogen and oxygen atoms in total. The number of halogens is 1. The molecule has 6 heteroatoms. The smallest absolute Gasteiger partial charge is 0.191 e. The summed E-state index contributed by atoms with van der Waals surface area (Å²) in [6.07, 6.45) is 4.95. The molecule has 2 heterocycles. The van der Waals surface area contributed by atoms with Gasteiger partial charge in [-0.25, -0.2) is 4.99 Å². The van der Waals surface area contributed by atoms with Crippen LogP contribution in [0.1, 0.15) is 37.3 Å². The lowest BCUT2D eigenvalue weighted by molar-refractivity contribution is 0.479. The first-order valence-corrected chi connectivity index (χ1v) is 9.26. The molecule has 0 unspecified atom stereocenters. The first-order chi connectivity index (χ1) is 11.3. The van der Waals surface area contributed by atoms with Crippen LogP contribution in [0.2, 0.25) is 0 Å². The molecular weight excluding hydrogens is 433 g/mol. The summed E-state index contributed by atoms with van der Waals surface area (Å²) in [5.74, 6) is 2.57. The Labute approximate surface area is 166 Å². The Morgan fingerprint density at radius 2 is 2.04 bits per heavy atom. The van der Waals surface area contributed by atoms with Gasteiger partial charge < -0.3 is 15.1 Å². The molecule has 2 aromatic heterocycles. The fourth-order valence-electron chi connectivity index (χ4n) is 2.31. The van der Waals surface area contributed by atoms with E-state index < -0.39 is 0 Å². The summed E-state index contributed by atoms with van der Waals surface area (Å²) in [6.45, 7) is 6.97. The summed E-state index contributed by atoms with van der Waals surface area (Å²) in [5.41, 5.74) is 0. The van der Waals surface area contributed by atoms with Crippen molar-refractivity contribution >= 4 is 41.3 Å². The van der Waals surface area contributed by atoms with Crippen LogP contribution < -0.4 is 10.6 Å². The third kappa shape index (κ3) is 7.70. The maximum absolute atomic E-state index is 5.37. The molecule has 0 atom stereocenters. The number of nitrogens with zero attached hydrogens (tertiary/aromatic N) is 1. The van der Waals surface area contributed by atoms with E-state index in [1.165, 1.54) is 17.7 Å². The van der Waals surface area contributed by atoms with Gasteiger partial charge in [0.2, 0.25) is 0 Å². The molecule has 0 aromatic carbocycles. The van der Waals surface area contributed by atoms with E-state index in [1.807, 2.05) is 12.1 Å². The molecule has 2 N–H and O–H groups in total. The van der Waals surface area contributed by atoms with Crippen molar-refractivity contribution in [2.45, 2.75) is 39.7 Å². The predicted molar refractivity (Wildman–Crippen MR) is 113 cm³/mol. The monoisotopic (exact) mass is 461 g/mol. The summed E-state index contributed by atoms with van der Waals surface area (Å²) >= 11 is 1.74. The zero-order valence-electron chi connectivity index (χ0n) is 14.5. The largest absolute Gasteiger partial charge is 0.469 e. The zero-order chi connectivity index (χ0) is 16.3. The lowest BCUT2D eigenvalue weighted by Crippen LogP contribution is -2.40. The molecule has 0 spiro atoms. The van der Waals surface area contributed by atoms with Gasteiger partial charge in [0.25, 0.3) is 0 Å². The number of hydrogen-bond donors (Lipinski definition) is 2. The Balaban J connectivity index is 0.00000288. The van der Waals surface area contributed by atoms with Gasteiger partial charge in [0, 0.05) is 24.4 Å². The van der Waals surface area contributed by atoms with E-state index in [0.717, 1.165) is 37.8 Å². The van der Waals surface area contributed by atoms with E-state index in [-0.39, 0.29) is 24.0 Å². The van der Waals surface area contributed by atoms with Crippen LogP contribution in [0.3, 0.4) is 0 Å². The predicted octanol–water partition coefficient (Wildman–Crippen LogP) is 4.67. The molecule has 2 rings (SSSR count). The summed E-state index contributed by atoms with van der Waals surface area (Å²) in [4.78, 5) is 5.98. The van der Waals surface area contributed by atoms with Crippen LogP contribution >= 0.6 is 35.3 Å². The van der Waals surface area contributed by atoms with Crippen LogP contribution in [0.25, 0.3) is 0 Å². The fourth-order valence-corrected chi connectivity index (χ4v) is 2.94. The molecule has 0 radical (unpaired) electrons. The normalized spacial score (nSPS) is 11.4. The second kappa shape index (κ2) is 12.4. The highest BCUT2D eigenvalue weighted by molar-refractivity contribution is 14.0. The van der Waals surface area contributed by atoms with Crippen LogP contribution in [-0.4, -0.2) is 19.0 Å². The second-order valence-electron chi connectivity index (χ2n) is 5.56. The number of rotatable bonds is 9. The second-order valence-corrected chi connectivity index (χ2v) is 6.60. The van der Waals surface area contributed by atoms with Gasteiger partial charge in [-0.3, -0.25) is 0 Å². The molecule has 0 aliphatic carbocycles. The zero-order valence-corrected chi connectivity index (χ0v) is 17.6. The first-order valence-electron chi connectivity index (χ1n) is 8.38. The van der Waals surface area contributed by atoms with Crippen molar-refractivity contribution in [3.8, 4) is 0 Å². The van der Waals surface area contributed by atoms with Crippen molar-refractivity contribution in [3.63, 3.8) is 0 Å². The highest BCUT2D eigenvalue weighted by Crippen LogP contribution is 2.09. The van der Waals surface area contributed by atoms with Gasteiger partial charge in [-0.1, -0.05) is 32.8 Å². The molecule has 24 heavy (non-hydrogen) atoms. The van der Waals surface area contributed by atoms with Crippen molar-refractivity contribution in [3.05, 3.63) is 46.5 Å². The Bertz CT molecular complexity index is 551. The molecule has 0 aliphatic heterocycles. The van der Waals surface area contributed by atoms with Gasteiger partial charge in [0.05, 0.1) is 12.8 Å². The molecule has 2 aromatic rings. The first kappa shape index (κ1) is 21.0. The molecule has 0 aliphatic rings. The van der Waals surface area contributed by atoms with E-state index >= 15 is 0 Å². The molecule has 0 amide bonds. The van der Waals surface area contributed by atoms with E-state index in [2.05, 4.69) is 42.0 Å². The number of hydrogen-bond acceptors (Lipinski definition) is 3. The van der Waals surface area contributed by atoms with Gasteiger partial charge in [-0.15, -0.1) is 35.3 Å². The number of thiophene rings is 1. The molecular formula is C18H28IN3OS. The molecule has 0 bridgehead atoms. The highest BCUT2D eigenvalue weighted by Gasteiger charge is 2.06. The molecule has 0 saturated carbocycles. The van der Waals surface area contributed by atoms with Crippen LogP contribution in [-0.2, 0) is 13.0 Å². The van der Waals surface area contributed by atoms with E-state index in [0.29, 0.717) is 5.92 Å². The summed E-state index contributed by atoms with van der Waals surface area (Å²) in [6, 6.07) is 8.11. The average molecular weight is 461 g/mol. The molecule has 0 saturated heterocycles. The van der Waals surface area contributed by atoms with Gasteiger partial charge in [0.1, 0.15) is 5.76 Å². The Morgan fingerprint density at radius 1 is 1.21 bits per heavy atom. The lowest BCUT2D eigenvalue weighted by Gasteiger charge is -2.17. The number of furan rings is 1. The highest BCUT2D eigenvalue weighted by atomic mass is 127. The van der Waals surface area contributed by atoms with Crippen molar-refractivity contribution in [2.24, 2.45) is 10.9 Å². The summed E-state index contributed by atoms with van der Waals surface area (Å²) in [7, 11) is 0. The maximum atomic E-state index is 5.37. The van der Waals surface area contributed by atoms with Crippen molar-refractivity contribution in [2.75, 3.05) is 13.1 Å². The van der Waals surface area contributed by atoms with Gasteiger partial charge in [-0.05, 0) is 29.5 Å². The van der Waals surface area contributed by atoms with Gasteiger partial charge >= 0.3 is 0 Å². The quantitative estimate of drug-likeness (QED) is 0.324. The van der Waals surface area contributed by atoms with Crippen LogP contribution in [0.5, 0.6) is 0 Å². The third-order valence-corrected chi connectivity index (χ3v) is 4.79. The van der Waals surface area contributed by atoms with Gasteiger partial charge in [-0.2, -0.15) is 0 Å². The summed E-state index contributed by atoms with van der Waals surface area (Å²) in [5, 5.41) is 8.97. The maximum Gasteiger partial charge on any atom is 0.191 e. The van der Waals surface area contributed by atoms with E-state index in [1.54, 1.807) is 17.6 Å². The summed E-state index contributed by atoms with van der Waals surface area (Å²) < 4.78 is 5.37. The number of guanidine groups is 1. The van der Waals surface area contributed by atoms with Crippen molar-refractivity contribution < 1.29 is 4.42 Å². The standard InChI is InChI=1S/C18H27N3OS.HI/c1-3-15(4-2)13-20-18(21-14-17-8-6-12-23-17)19-10-9-16-7-5-11-22-16;/h5-8,11-12,15H,3-4,9-10,13-14H2,1-2H3,(H2,19,20,21);1H. The number of aliphatic imine (C=N–C) groups is 1. The fraction of sp³-hybridized carbons (Fsp3) is 0.500. The van der Waals surface area contributed by atoms with Crippen molar-refractivity contribution in [1.82, 2.24) is 10.6 Å². The minimum atomic E-state index is 0. The Kier molecular flexibility index (Phi) is 10.8. The van der Waals surface area contributed by atoms with E-state index in [9.17, 15) is 0 Å². The molecule has 0 fully saturated rings. The van der Waals surface area contributed by atoms with Crippen molar-refractivity contribution in [1.29, 1.82) is 0 Å². The topological polar surface area (TPSA) is 49.6 Å². The molecule has 134 valence electrons. The SMILES string of the molecule is CCC(CC)CNC(=NCc1cccs1)NCCc1ccco1.I. The Morgan fingerprint density at radius 3 is 2.67 bits per heavy atom. The van der Waals surface area contributed by atoms with Gasteiger partial charge in [0.15, 0.2) is 5.96 Å². The number of nitrogens with one attached hydrogen (secondary N) is 2. The average Bonchev–Trinajstić information content (AvgIpc) is 3.26. The van der Waals surface area contributed by atoms with Crippen LogP contribution in [0.15, 0.2) is 45.3 Å². The van der Waals surface area contributed by atoms with Crippen LogP contribution in [0.4, 0.5) is 0 Å².